The predicted octanol–water partition coefficient (Wildman–Crippen LogP) is 1.18. The highest BCUT2D eigenvalue weighted by Gasteiger charge is 2.21. The topological polar surface area (TPSA) is 89.0 Å². The Balaban J connectivity index is 2.72. The minimum Gasteiger partial charge on any atom is -0.465 e. The summed E-state index contributed by atoms with van der Waals surface area (Å²) in [6, 6.07) is -0.384. The highest BCUT2D eigenvalue weighted by Crippen LogP contribution is 2.18. The quantitative estimate of drug-likeness (QED) is 0.525. The van der Waals surface area contributed by atoms with Crippen molar-refractivity contribution in [2.75, 3.05) is 18.9 Å². The van der Waals surface area contributed by atoms with E-state index in [0.717, 1.165) is 13.0 Å². The van der Waals surface area contributed by atoms with Crippen molar-refractivity contribution in [1.82, 2.24) is 20.1 Å². The van der Waals surface area contributed by atoms with Gasteiger partial charge in [-0.3, -0.25) is 9.36 Å². The van der Waals surface area contributed by atoms with Crippen molar-refractivity contribution >= 4 is 17.7 Å². The maximum atomic E-state index is 11.9. The Bertz CT molecular complexity index is 498. The van der Waals surface area contributed by atoms with Crippen LogP contribution in [0.3, 0.4) is 0 Å². The molecule has 120 valence electrons. The number of aromatic amines is 1. The second-order valence-corrected chi connectivity index (χ2v) is 5.83. The number of nitrogens with zero attached hydrogens (tertiary/aromatic N) is 2. The molecule has 2 N–H and O–H groups in total. The highest BCUT2D eigenvalue weighted by molar-refractivity contribution is 7.99. The van der Waals surface area contributed by atoms with Crippen molar-refractivity contribution in [1.29, 1.82) is 0 Å². The fourth-order valence-electron chi connectivity index (χ4n) is 1.78. The fourth-order valence-corrected chi connectivity index (χ4v) is 2.89. The van der Waals surface area contributed by atoms with E-state index >= 15 is 0 Å². The first kappa shape index (κ1) is 17.8. The number of esters is 1. The van der Waals surface area contributed by atoms with E-state index < -0.39 is 6.04 Å². The maximum Gasteiger partial charge on any atom is 0.344 e. The number of thioether (sulfide) groups is 1. The predicted molar refractivity (Wildman–Crippen MR) is 82.7 cm³/mol. The molecule has 0 fully saturated rings. The van der Waals surface area contributed by atoms with Crippen molar-refractivity contribution in [3.8, 4) is 0 Å². The normalized spacial score (nSPS) is 12.6. The summed E-state index contributed by atoms with van der Waals surface area (Å²) in [4.78, 5) is 23.6. The Morgan fingerprint density at radius 1 is 1.48 bits per heavy atom. The maximum absolute atomic E-state index is 11.9. The molecule has 0 saturated carbocycles. The molecule has 21 heavy (non-hydrogen) atoms. The molecule has 7 nitrogen and oxygen atoms in total. The number of hydrogen-bond donors (Lipinski definition) is 2. The zero-order valence-corrected chi connectivity index (χ0v) is 13.8. The SMILES string of the molecule is CCCNC(CSc1n[nH]c(=O)n1C(C)C)C(=O)OCC. The summed E-state index contributed by atoms with van der Waals surface area (Å²) in [5.41, 5.74) is -0.235. The first-order valence-corrected chi connectivity index (χ1v) is 8.19. The Kier molecular flexibility index (Phi) is 7.52. The van der Waals surface area contributed by atoms with Gasteiger partial charge in [0, 0.05) is 11.8 Å². The van der Waals surface area contributed by atoms with Crippen LogP contribution >= 0.6 is 11.8 Å². The molecule has 0 bridgehead atoms. The van der Waals surface area contributed by atoms with Gasteiger partial charge in [0.15, 0.2) is 5.16 Å². The van der Waals surface area contributed by atoms with E-state index in [4.69, 9.17) is 4.74 Å². The van der Waals surface area contributed by atoms with Crippen LogP contribution in [0.2, 0.25) is 0 Å². The molecule has 0 radical (unpaired) electrons. The lowest BCUT2D eigenvalue weighted by Gasteiger charge is -2.16. The van der Waals surface area contributed by atoms with Crippen molar-refractivity contribution in [3.05, 3.63) is 10.5 Å². The Morgan fingerprint density at radius 2 is 2.19 bits per heavy atom. The molecule has 1 heterocycles. The largest absolute Gasteiger partial charge is 0.465 e. The summed E-state index contributed by atoms with van der Waals surface area (Å²) in [6.45, 7) is 8.74. The number of nitrogens with one attached hydrogen (secondary N) is 2. The summed E-state index contributed by atoms with van der Waals surface area (Å²) >= 11 is 1.37. The molecular weight excluding hydrogens is 292 g/mol. The summed E-state index contributed by atoms with van der Waals surface area (Å²) in [6.07, 6.45) is 0.930. The van der Waals surface area contributed by atoms with Crippen LogP contribution in [0.1, 0.15) is 40.2 Å². The monoisotopic (exact) mass is 316 g/mol. The Morgan fingerprint density at radius 3 is 2.76 bits per heavy atom. The molecule has 0 aliphatic rings. The zero-order chi connectivity index (χ0) is 15.8. The van der Waals surface area contributed by atoms with Gasteiger partial charge in [0.05, 0.1) is 6.61 Å². The lowest BCUT2D eigenvalue weighted by molar-refractivity contribution is -0.144. The number of rotatable bonds is 9. The molecule has 1 atom stereocenters. The minimum atomic E-state index is -0.401. The van der Waals surface area contributed by atoms with Crippen molar-refractivity contribution in [2.24, 2.45) is 0 Å². The first-order valence-electron chi connectivity index (χ1n) is 7.20. The second-order valence-electron chi connectivity index (χ2n) is 4.84. The summed E-state index contributed by atoms with van der Waals surface area (Å²) in [5, 5.41) is 10.2. The van der Waals surface area contributed by atoms with E-state index in [0.29, 0.717) is 17.5 Å². The molecule has 1 rings (SSSR count). The standard InChI is InChI=1S/C13H24N4O3S/c1-5-7-14-10(11(18)20-6-2)8-21-13-16-15-12(19)17(13)9(3)4/h9-10,14H,5-8H2,1-4H3,(H,15,19). The molecule has 0 aliphatic carbocycles. The van der Waals surface area contributed by atoms with Crippen LogP contribution in [0.4, 0.5) is 0 Å². The second kappa shape index (κ2) is 8.89. The molecule has 8 heteroatoms. The third kappa shape index (κ3) is 5.20. The van der Waals surface area contributed by atoms with Gasteiger partial charge in [-0.25, -0.2) is 9.89 Å². The van der Waals surface area contributed by atoms with Gasteiger partial charge in [0.2, 0.25) is 0 Å². The molecule has 1 unspecified atom stereocenters. The molecule has 0 aromatic carbocycles. The molecule has 0 amide bonds. The van der Waals surface area contributed by atoms with Crippen LogP contribution in [-0.4, -0.2) is 45.7 Å². The molecular formula is C13H24N4O3S. The van der Waals surface area contributed by atoms with Crippen LogP contribution in [0.15, 0.2) is 9.95 Å². The number of hydrogen-bond acceptors (Lipinski definition) is 6. The summed E-state index contributed by atoms with van der Waals surface area (Å²) in [5.74, 6) is 0.197. The first-order chi connectivity index (χ1) is 10.0. The van der Waals surface area contributed by atoms with E-state index in [-0.39, 0.29) is 17.7 Å². The fraction of sp³-hybridized carbons (Fsp3) is 0.769. The van der Waals surface area contributed by atoms with Gasteiger partial charge in [-0.05, 0) is 33.7 Å². The highest BCUT2D eigenvalue weighted by atomic mass is 32.2. The van der Waals surface area contributed by atoms with Gasteiger partial charge in [-0.1, -0.05) is 18.7 Å². The van der Waals surface area contributed by atoms with Crippen molar-refractivity contribution < 1.29 is 9.53 Å². The molecule has 0 saturated heterocycles. The number of aromatic nitrogens is 3. The molecule has 1 aromatic rings. The number of H-pyrrole nitrogens is 1. The number of carbonyl (C=O) groups is 1. The Hall–Kier alpha value is -1.28. The Labute approximate surface area is 128 Å². The van der Waals surface area contributed by atoms with Gasteiger partial charge < -0.3 is 10.1 Å². The van der Waals surface area contributed by atoms with Crippen LogP contribution in [0, 0.1) is 0 Å². The van der Waals surface area contributed by atoms with Gasteiger partial charge in [-0.15, -0.1) is 5.10 Å². The van der Waals surface area contributed by atoms with Crippen LogP contribution in [-0.2, 0) is 9.53 Å². The number of carbonyl (C=O) groups excluding carboxylic acids is 1. The van der Waals surface area contributed by atoms with Gasteiger partial charge in [0.1, 0.15) is 6.04 Å². The summed E-state index contributed by atoms with van der Waals surface area (Å²) in [7, 11) is 0. The van der Waals surface area contributed by atoms with E-state index in [1.165, 1.54) is 11.8 Å². The average Bonchev–Trinajstić information content (AvgIpc) is 2.80. The molecule has 0 spiro atoms. The molecule has 1 aromatic heterocycles. The van der Waals surface area contributed by atoms with Crippen molar-refractivity contribution in [2.45, 2.75) is 51.4 Å². The van der Waals surface area contributed by atoms with Crippen LogP contribution in [0.5, 0.6) is 0 Å². The average molecular weight is 316 g/mol. The third-order valence-corrected chi connectivity index (χ3v) is 3.83. The van der Waals surface area contributed by atoms with Gasteiger partial charge in [-0.2, -0.15) is 0 Å². The van der Waals surface area contributed by atoms with E-state index in [1.54, 1.807) is 11.5 Å². The van der Waals surface area contributed by atoms with Gasteiger partial charge >= 0.3 is 11.7 Å². The lowest BCUT2D eigenvalue weighted by Crippen LogP contribution is -2.40. The lowest BCUT2D eigenvalue weighted by atomic mass is 10.3. The molecule has 0 aliphatic heterocycles. The zero-order valence-electron chi connectivity index (χ0n) is 13.0. The minimum absolute atomic E-state index is 0.0170. The van der Waals surface area contributed by atoms with E-state index in [9.17, 15) is 9.59 Å². The van der Waals surface area contributed by atoms with Gasteiger partial charge in [0.25, 0.3) is 0 Å². The van der Waals surface area contributed by atoms with Crippen LogP contribution < -0.4 is 11.0 Å². The van der Waals surface area contributed by atoms with Crippen LogP contribution in [0.25, 0.3) is 0 Å². The smallest absolute Gasteiger partial charge is 0.344 e. The van der Waals surface area contributed by atoms with Crippen molar-refractivity contribution in [3.63, 3.8) is 0 Å². The third-order valence-electron chi connectivity index (χ3n) is 2.78. The summed E-state index contributed by atoms with van der Waals surface area (Å²) < 4.78 is 6.64. The van der Waals surface area contributed by atoms with E-state index in [2.05, 4.69) is 15.5 Å². The van der Waals surface area contributed by atoms with E-state index in [1.807, 2.05) is 20.8 Å². The number of ether oxygens (including phenoxy) is 1.